The van der Waals surface area contributed by atoms with Gasteiger partial charge in [0.1, 0.15) is 11.7 Å². The van der Waals surface area contributed by atoms with Crippen molar-refractivity contribution < 1.29 is 17.5 Å². The highest BCUT2D eigenvalue weighted by Gasteiger charge is 2.28. The molecular formula is C12H16FN3O3S. The third-order valence-electron chi connectivity index (χ3n) is 3.14. The Balaban J connectivity index is 2.18. The lowest BCUT2D eigenvalue weighted by Crippen LogP contribution is -2.33. The number of ether oxygens (including phenoxy) is 1. The maximum atomic E-state index is 13.8. The summed E-state index contributed by atoms with van der Waals surface area (Å²) in [5, 5.41) is 6.62. The molecule has 1 aromatic carbocycles. The molecule has 0 radical (unpaired) electrons. The number of rotatable bonds is 4. The molecule has 1 heterocycles. The van der Waals surface area contributed by atoms with E-state index >= 15 is 0 Å². The Kier molecular flexibility index (Phi) is 4.24. The fourth-order valence-corrected chi connectivity index (χ4v) is 3.44. The summed E-state index contributed by atoms with van der Waals surface area (Å²) in [6.07, 6.45) is 0.783. The highest BCUT2D eigenvalue weighted by molar-refractivity contribution is 7.93. The molecule has 0 spiro atoms. The summed E-state index contributed by atoms with van der Waals surface area (Å²) in [4.78, 5) is 0. The summed E-state index contributed by atoms with van der Waals surface area (Å²) in [5.41, 5.74) is 5.31. The number of halogens is 1. The van der Waals surface area contributed by atoms with Crippen molar-refractivity contribution in [2.45, 2.75) is 18.1 Å². The first-order chi connectivity index (χ1) is 9.40. The molecular weight excluding hydrogens is 285 g/mol. The summed E-state index contributed by atoms with van der Waals surface area (Å²) < 4.78 is 45.4. The van der Waals surface area contributed by atoms with Gasteiger partial charge >= 0.3 is 0 Å². The summed E-state index contributed by atoms with van der Waals surface area (Å²) in [7, 11) is -3.65. The Morgan fingerprint density at radius 2 is 2.05 bits per heavy atom. The van der Waals surface area contributed by atoms with E-state index in [4.69, 9.17) is 15.9 Å². The first-order valence-corrected chi connectivity index (χ1v) is 7.68. The van der Waals surface area contributed by atoms with Crippen molar-refractivity contribution in [1.29, 1.82) is 5.41 Å². The molecule has 0 bridgehead atoms. The van der Waals surface area contributed by atoms with Crippen LogP contribution in [0.15, 0.2) is 18.2 Å². The number of sulfonamides is 1. The van der Waals surface area contributed by atoms with Crippen LogP contribution in [-0.2, 0) is 14.8 Å². The fraction of sp³-hybridized carbons (Fsp3) is 0.417. The number of benzene rings is 1. The van der Waals surface area contributed by atoms with Crippen molar-refractivity contribution in [1.82, 2.24) is 0 Å². The highest BCUT2D eigenvalue weighted by Crippen LogP contribution is 2.22. The molecule has 2 rings (SSSR count). The van der Waals surface area contributed by atoms with Crippen molar-refractivity contribution >= 4 is 21.5 Å². The molecule has 0 saturated carbocycles. The molecule has 0 aromatic heterocycles. The normalized spacial score (nSPS) is 16.9. The number of hydrogen-bond donors (Lipinski definition) is 3. The average Bonchev–Trinajstić information content (AvgIpc) is 2.41. The van der Waals surface area contributed by atoms with Gasteiger partial charge in [-0.1, -0.05) is 0 Å². The average molecular weight is 301 g/mol. The SMILES string of the molecule is N=C(N)c1ccc(NS(=O)(=O)C2CCOCC2)c(F)c1. The van der Waals surface area contributed by atoms with Gasteiger partial charge < -0.3 is 10.5 Å². The van der Waals surface area contributed by atoms with Gasteiger partial charge in [-0.2, -0.15) is 0 Å². The van der Waals surface area contributed by atoms with Crippen molar-refractivity contribution in [3.05, 3.63) is 29.6 Å². The predicted octanol–water partition coefficient (Wildman–Crippen LogP) is 1.03. The van der Waals surface area contributed by atoms with Gasteiger partial charge in [0.25, 0.3) is 0 Å². The quantitative estimate of drug-likeness (QED) is 0.570. The van der Waals surface area contributed by atoms with Crippen LogP contribution in [0.3, 0.4) is 0 Å². The summed E-state index contributed by atoms with van der Waals surface area (Å²) in [6.45, 7) is 0.772. The number of amidine groups is 1. The summed E-state index contributed by atoms with van der Waals surface area (Å²) >= 11 is 0. The number of nitrogens with two attached hydrogens (primary N) is 1. The number of hydrogen-bond acceptors (Lipinski definition) is 4. The molecule has 8 heteroatoms. The molecule has 1 saturated heterocycles. The smallest absolute Gasteiger partial charge is 0.235 e. The molecule has 0 amide bonds. The van der Waals surface area contributed by atoms with Crippen LogP contribution in [-0.4, -0.2) is 32.7 Å². The highest BCUT2D eigenvalue weighted by atomic mass is 32.2. The molecule has 110 valence electrons. The molecule has 0 aliphatic carbocycles. The number of nitrogens with one attached hydrogen (secondary N) is 2. The number of nitrogen functional groups attached to an aromatic ring is 1. The van der Waals surface area contributed by atoms with E-state index in [0.29, 0.717) is 26.1 Å². The van der Waals surface area contributed by atoms with Crippen LogP contribution >= 0.6 is 0 Å². The van der Waals surface area contributed by atoms with Crippen LogP contribution in [0.2, 0.25) is 0 Å². The van der Waals surface area contributed by atoms with E-state index in [2.05, 4.69) is 4.72 Å². The topological polar surface area (TPSA) is 105 Å². The minimum Gasteiger partial charge on any atom is -0.384 e. The predicted molar refractivity (Wildman–Crippen MR) is 73.8 cm³/mol. The molecule has 0 atom stereocenters. The molecule has 1 fully saturated rings. The zero-order chi connectivity index (χ0) is 14.8. The van der Waals surface area contributed by atoms with Crippen LogP contribution in [0.25, 0.3) is 0 Å². The van der Waals surface area contributed by atoms with E-state index in [9.17, 15) is 12.8 Å². The van der Waals surface area contributed by atoms with Crippen molar-refractivity contribution in [3.63, 3.8) is 0 Å². The lowest BCUT2D eigenvalue weighted by Gasteiger charge is -2.22. The van der Waals surface area contributed by atoms with Crippen LogP contribution in [0.5, 0.6) is 0 Å². The van der Waals surface area contributed by atoms with E-state index < -0.39 is 21.1 Å². The maximum absolute atomic E-state index is 13.8. The standard InChI is InChI=1S/C12H16FN3O3S/c13-10-7-8(12(14)15)1-2-11(10)16-20(17,18)9-3-5-19-6-4-9/h1-2,7,9,16H,3-6H2,(H3,14,15). The zero-order valence-electron chi connectivity index (χ0n) is 10.7. The van der Waals surface area contributed by atoms with Gasteiger partial charge in [0, 0.05) is 18.8 Å². The van der Waals surface area contributed by atoms with Crippen molar-refractivity contribution in [2.75, 3.05) is 17.9 Å². The first kappa shape index (κ1) is 14.7. The van der Waals surface area contributed by atoms with Crippen LogP contribution in [0.1, 0.15) is 18.4 Å². The second-order valence-corrected chi connectivity index (χ2v) is 6.53. The minimum absolute atomic E-state index is 0.138. The fourth-order valence-electron chi connectivity index (χ4n) is 1.99. The molecule has 1 aromatic rings. The van der Waals surface area contributed by atoms with Gasteiger partial charge in [-0.05, 0) is 31.0 Å². The Bertz CT molecular complexity index is 612. The van der Waals surface area contributed by atoms with Gasteiger partial charge in [-0.3, -0.25) is 10.1 Å². The van der Waals surface area contributed by atoms with E-state index in [1.165, 1.54) is 12.1 Å². The van der Waals surface area contributed by atoms with Gasteiger partial charge in [0.05, 0.1) is 10.9 Å². The minimum atomic E-state index is -3.65. The largest absolute Gasteiger partial charge is 0.384 e. The van der Waals surface area contributed by atoms with Gasteiger partial charge in [-0.15, -0.1) is 0 Å². The van der Waals surface area contributed by atoms with E-state index in [1.807, 2.05) is 0 Å². The molecule has 1 aliphatic heterocycles. The second-order valence-electron chi connectivity index (χ2n) is 4.57. The second kappa shape index (κ2) is 5.76. The zero-order valence-corrected chi connectivity index (χ0v) is 11.5. The summed E-state index contributed by atoms with van der Waals surface area (Å²) in [6, 6.07) is 3.69. The molecule has 6 nitrogen and oxygen atoms in total. The maximum Gasteiger partial charge on any atom is 0.235 e. The van der Waals surface area contributed by atoms with Gasteiger partial charge in [0.2, 0.25) is 10.0 Å². The van der Waals surface area contributed by atoms with Crippen molar-refractivity contribution in [3.8, 4) is 0 Å². The first-order valence-electron chi connectivity index (χ1n) is 6.13. The molecule has 4 N–H and O–H groups in total. The monoisotopic (exact) mass is 301 g/mol. The van der Waals surface area contributed by atoms with Crippen LogP contribution in [0.4, 0.5) is 10.1 Å². The Labute approximate surface area is 116 Å². The lowest BCUT2D eigenvalue weighted by atomic mass is 10.2. The Morgan fingerprint density at radius 3 is 2.60 bits per heavy atom. The summed E-state index contributed by atoms with van der Waals surface area (Å²) in [5.74, 6) is -1.03. The Hall–Kier alpha value is -1.67. The van der Waals surface area contributed by atoms with Gasteiger partial charge in [0.15, 0.2) is 0 Å². The van der Waals surface area contributed by atoms with Crippen LogP contribution in [0, 0.1) is 11.2 Å². The van der Waals surface area contributed by atoms with E-state index in [-0.39, 0.29) is 17.1 Å². The third-order valence-corrected chi connectivity index (χ3v) is 4.99. The lowest BCUT2D eigenvalue weighted by molar-refractivity contribution is 0.0984. The number of anilines is 1. The molecule has 20 heavy (non-hydrogen) atoms. The Morgan fingerprint density at radius 1 is 1.40 bits per heavy atom. The van der Waals surface area contributed by atoms with E-state index in [1.54, 1.807) is 0 Å². The van der Waals surface area contributed by atoms with E-state index in [0.717, 1.165) is 6.07 Å². The van der Waals surface area contributed by atoms with Crippen LogP contribution < -0.4 is 10.5 Å². The molecule has 1 aliphatic rings. The molecule has 0 unspecified atom stereocenters. The van der Waals surface area contributed by atoms with Crippen molar-refractivity contribution in [2.24, 2.45) is 5.73 Å². The van der Waals surface area contributed by atoms with Gasteiger partial charge in [-0.25, -0.2) is 12.8 Å². The third kappa shape index (κ3) is 3.26.